The van der Waals surface area contributed by atoms with Crippen LogP contribution in [0.4, 0.5) is 0 Å². The SMILES string of the molecule is COc1ccc(C2=NN(C(=O)c3ccccc3)C(c3ccc(Cl)cc3)C2)cc1. The minimum Gasteiger partial charge on any atom is -0.497 e. The van der Waals surface area contributed by atoms with Crippen molar-refractivity contribution in [2.45, 2.75) is 12.5 Å². The largest absolute Gasteiger partial charge is 0.497 e. The van der Waals surface area contributed by atoms with Gasteiger partial charge >= 0.3 is 0 Å². The molecule has 1 atom stereocenters. The van der Waals surface area contributed by atoms with Gasteiger partial charge in [-0.3, -0.25) is 4.79 Å². The van der Waals surface area contributed by atoms with Gasteiger partial charge in [0.1, 0.15) is 5.75 Å². The Morgan fingerprint density at radius 1 is 1.00 bits per heavy atom. The number of rotatable bonds is 4. The predicted molar refractivity (Wildman–Crippen MR) is 111 cm³/mol. The Morgan fingerprint density at radius 2 is 1.68 bits per heavy atom. The molecule has 4 rings (SSSR count). The lowest BCUT2D eigenvalue weighted by molar-refractivity contribution is 0.0711. The first-order valence-corrected chi connectivity index (χ1v) is 9.39. The predicted octanol–water partition coefficient (Wildman–Crippen LogP) is 5.34. The molecule has 0 aromatic heterocycles. The molecule has 1 heterocycles. The summed E-state index contributed by atoms with van der Waals surface area (Å²) in [5.41, 5.74) is 3.46. The summed E-state index contributed by atoms with van der Waals surface area (Å²) in [6.45, 7) is 0. The molecular weight excluding hydrogens is 372 g/mol. The Balaban J connectivity index is 1.71. The number of ether oxygens (including phenoxy) is 1. The summed E-state index contributed by atoms with van der Waals surface area (Å²) in [5.74, 6) is 0.665. The van der Waals surface area contributed by atoms with Crippen molar-refractivity contribution in [3.63, 3.8) is 0 Å². The lowest BCUT2D eigenvalue weighted by atomic mass is 9.98. The van der Waals surface area contributed by atoms with E-state index in [0.717, 1.165) is 22.6 Å². The summed E-state index contributed by atoms with van der Waals surface area (Å²) >= 11 is 6.05. The zero-order valence-corrected chi connectivity index (χ0v) is 16.1. The first-order chi connectivity index (χ1) is 13.7. The smallest absolute Gasteiger partial charge is 0.274 e. The van der Waals surface area contributed by atoms with E-state index in [4.69, 9.17) is 21.4 Å². The third-order valence-electron chi connectivity index (χ3n) is 4.82. The van der Waals surface area contributed by atoms with E-state index in [1.54, 1.807) is 12.1 Å². The van der Waals surface area contributed by atoms with E-state index >= 15 is 0 Å². The zero-order chi connectivity index (χ0) is 19.5. The molecule has 3 aromatic rings. The number of hydrogen-bond donors (Lipinski definition) is 0. The maximum Gasteiger partial charge on any atom is 0.274 e. The van der Waals surface area contributed by atoms with Crippen LogP contribution < -0.4 is 4.74 Å². The molecule has 3 aromatic carbocycles. The van der Waals surface area contributed by atoms with Gasteiger partial charge in [-0.05, 0) is 59.7 Å². The number of methoxy groups -OCH3 is 1. The van der Waals surface area contributed by atoms with E-state index in [1.807, 2.05) is 78.9 Å². The molecule has 0 fully saturated rings. The van der Waals surface area contributed by atoms with Crippen molar-refractivity contribution in [1.82, 2.24) is 5.01 Å². The van der Waals surface area contributed by atoms with E-state index in [9.17, 15) is 4.79 Å². The molecule has 1 unspecified atom stereocenters. The molecule has 1 amide bonds. The third-order valence-corrected chi connectivity index (χ3v) is 5.07. The average molecular weight is 391 g/mol. The normalized spacial score (nSPS) is 16.0. The number of carbonyl (C=O) groups is 1. The Bertz CT molecular complexity index is 999. The van der Waals surface area contributed by atoms with E-state index in [2.05, 4.69) is 0 Å². The fourth-order valence-corrected chi connectivity index (χ4v) is 3.44. The third kappa shape index (κ3) is 3.64. The van der Waals surface area contributed by atoms with Crippen molar-refractivity contribution in [2.24, 2.45) is 5.10 Å². The summed E-state index contributed by atoms with van der Waals surface area (Å²) in [7, 11) is 1.64. The Labute approximate surface area is 169 Å². The minimum absolute atomic E-state index is 0.121. The van der Waals surface area contributed by atoms with Crippen LogP contribution in [-0.4, -0.2) is 23.7 Å². The van der Waals surface area contributed by atoms with Gasteiger partial charge in [-0.2, -0.15) is 5.10 Å². The van der Waals surface area contributed by atoms with Crippen LogP contribution >= 0.6 is 11.6 Å². The topological polar surface area (TPSA) is 41.9 Å². The molecule has 140 valence electrons. The summed E-state index contributed by atoms with van der Waals surface area (Å²) in [6, 6.07) is 24.4. The van der Waals surface area contributed by atoms with Gasteiger partial charge in [0.05, 0.1) is 18.9 Å². The summed E-state index contributed by atoms with van der Waals surface area (Å²) < 4.78 is 5.23. The van der Waals surface area contributed by atoms with Gasteiger partial charge in [0.15, 0.2) is 0 Å². The van der Waals surface area contributed by atoms with Crippen molar-refractivity contribution in [3.05, 3.63) is 101 Å². The van der Waals surface area contributed by atoms with Crippen molar-refractivity contribution in [1.29, 1.82) is 0 Å². The van der Waals surface area contributed by atoms with E-state index < -0.39 is 0 Å². The van der Waals surface area contributed by atoms with Gasteiger partial charge in [-0.25, -0.2) is 5.01 Å². The first kappa shape index (κ1) is 18.3. The van der Waals surface area contributed by atoms with Crippen molar-refractivity contribution < 1.29 is 9.53 Å². The molecule has 0 radical (unpaired) electrons. The van der Waals surface area contributed by atoms with E-state index in [0.29, 0.717) is 17.0 Å². The van der Waals surface area contributed by atoms with Crippen LogP contribution in [0, 0.1) is 0 Å². The van der Waals surface area contributed by atoms with Crippen molar-refractivity contribution in [2.75, 3.05) is 7.11 Å². The molecule has 0 N–H and O–H groups in total. The summed E-state index contributed by atoms with van der Waals surface area (Å²) in [6.07, 6.45) is 0.631. The van der Waals surface area contributed by atoms with Crippen LogP contribution in [0.25, 0.3) is 0 Å². The fourth-order valence-electron chi connectivity index (χ4n) is 3.31. The summed E-state index contributed by atoms with van der Waals surface area (Å²) in [4.78, 5) is 13.1. The second-order valence-corrected chi connectivity index (χ2v) is 7.00. The molecule has 1 aliphatic rings. The van der Waals surface area contributed by atoms with Gasteiger partial charge in [0, 0.05) is 17.0 Å². The monoisotopic (exact) mass is 390 g/mol. The molecule has 0 bridgehead atoms. The van der Waals surface area contributed by atoms with Crippen LogP contribution in [0.15, 0.2) is 84.0 Å². The highest BCUT2D eigenvalue weighted by Crippen LogP contribution is 2.34. The standard InChI is InChI=1S/C23H19ClN2O2/c1-28-20-13-9-16(10-14-20)21-15-22(17-7-11-19(24)12-8-17)26(25-21)23(27)18-5-3-2-4-6-18/h2-14,22H,15H2,1H3. The lowest BCUT2D eigenvalue weighted by Gasteiger charge is -2.22. The molecule has 1 aliphatic heterocycles. The molecule has 0 saturated carbocycles. The zero-order valence-electron chi connectivity index (χ0n) is 15.4. The highest BCUT2D eigenvalue weighted by Gasteiger charge is 2.33. The maximum atomic E-state index is 13.1. The number of hydrazone groups is 1. The van der Waals surface area contributed by atoms with Gasteiger partial charge < -0.3 is 4.74 Å². The molecule has 5 heteroatoms. The maximum absolute atomic E-state index is 13.1. The number of halogens is 1. The van der Waals surface area contributed by atoms with E-state index in [-0.39, 0.29) is 11.9 Å². The van der Waals surface area contributed by atoms with Gasteiger partial charge in [0.2, 0.25) is 0 Å². The minimum atomic E-state index is -0.179. The number of hydrogen-bond acceptors (Lipinski definition) is 3. The first-order valence-electron chi connectivity index (χ1n) is 9.01. The van der Waals surface area contributed by atoms with Gasteiger partial charge in [0.25, 0.3) is 5.91 Å². The van der Waals surface area contributed by atoms with Crippen LogP contribution in [0.2, 0.25) is 5.02 Å². The molecule has 28 heavy (non-hydrogen) atoms. The second kappa shape index (κ2) is 7.87. The highest BCUT2D eigenvalue weighted by atomic mass is 35.5. The van der Waals surface area contributed by atoms with Gasteiger partial charge in [-0.15, -0.1) is 0 Å². The molecular formula is C23H19ClN2O2. The Hall–Kier alpha value is -3.11. The quantitative estimate of drug-likeness (QED) is 0.603. The highest BCUT2D eigenvalue weighted by molar-refractivity contribution is 6.30. The summed E-state index contributed by atoms with van der Waals surface area (Å²) in [5, 5.41) is 6.94. The number of benzene rings is 3. The Morgan fingerprint density at radius 3 is 2.32 bits per heavy atom. The van der Waals surface area contributed by atoms with Crippen molar-refractivity contribution in [3.8, 4) is 5.75 Å². The van der Waals surface area contributed by atoms with Crippen LogP contribution in [0.5, 0.6) is 5.75 Å². The molecule has 4 nitrogen and oxygen atoms in total. The molecule has 0 saturated heterocycles. The Kier molecular flexibility index (Phi) is 5.13. The second-order valence-electron chi connectivity index (χ2n) is 6.56. The van der Waals surface area contributed by atoms with E-state index in [1.165, 1.54) is 0 Å². The number of carbonyl (C=O) groups excluding carboxylic acids is 1. The number of amides is 1. The lowest BCUT2D eigenvalue weighted by Crippen LogP contribution is -2.27. The average Bonchev–Trinajstić information content (AvgIpc) is 3.20. The van der Waals surface area contributed by atoms with Crippen LogP contribution in [0.3, 0.4) is 0 Å². The number of nitrogens with zero attached hydrogens (tertiary/aromatic N) is 2. The van der Waals surface area contributed by atoms with Crippen LogP contribution in [0.1, 0.15) is 33.9 Å². The molecule has 0 aliphatic carbocycles. The van der Waals surface area contributed by atoms with Crippen molar-refractivity contribution >= 4 is 23.2 Å². The fraction of sp³-hybridized carbons (Fsp3) is 0.130. The van der Waals surface area contributed by atoms with Crippen LogP contribution in [-0.2, 0) is 0 Å². The van der Waals surface area contributed by atoms with Gasteiger partial charge in [-0.1, -0.05) is 41.9 Å². The molecule has 0 spiro atoms.